The number of hydrogen-bond acceptors (Lipinski definition) is 4. The second-order valence-electron chi connectivity index (χ2n) is 6.19. The van der Waals surface area contributed by atoms with Gasteiger partial charge in [-0.1, -0.05) is 30.3 Å². The molecule has 25 heavy (non-hydrogen) atoms. The van der Waals surface area contributed by atoms with Gasteiger partial charge in [-0.3, -0.25) is 0 Å². The average molecular weight is 360 g/mol. The first kappa shape index (κ1) is 17.4. The van der Waals surface area contributed by atoms with Crippen LogP contribution in [0, 0.1) is 0 Å². The van der Waals surface area contributed by atoms with Gasteiger partial charge in [0, 0.05) is 12.1 Å². The predicted octanol–water partition coefficient (Wildman–Crippen LogP) is 3.00. The minimum Gasteiger partial charge on any atom is -0.478 e. The van der Waals surface area contributed by atoms with Crippen LogP contribution in [0.4, 0.5) is 5.69 Å². The molecular weight excluding hydrogens is 340 g/mol. The van der Waals surface area contributed by atoms with Crippen molar-refractivity contribution in [1.29, 1.82) is 0 Å². The summed E-state index contributed by atoms with van der Waals surface area (Å²) in [6.45, 7) is 1.75. The topological polar surface area (TPSA) is 95.5 Å². The highest BCUT2D eigenvalue weighted by atomic mass is 32.2. The summed E-state index contributed by atoms with van der Waals surface area (Å²) in [5.41, 5.74) is 1.20. The number of hydrogen-bond donors (Lipinski definition) is 3. The fourth-order valence-corrected chi connectivity index (χ4v) is 3.98. The van der Waals surface area contributed by atoms with Crippen LogP contribution in [0.1, 0.15) is 41.7 Å². The van der Waals surface area contributed by atoms with Gasteiger partial charge in [0.1, 0.15) is 4.90 Å². The number of sulfonamides is 1. The van der Waals surface area contributed by atoms with Gasteiger partial charge in [-0.2, -0.15) is 0 Å². The predicted molar refractivity (Wildman–Crippen MR) is 95.2 cm³/mol. The van der Waals surface area contributed by atoms with Gasteiger partial charge in [-0.15, -0.1) is 0 Å². The van der Waals surface area contributed by atoms with Gasteiger partial charge in [0.25, 0.3) is 0 Å². The van der Waals surface area contributed by atoms with Gasteiger partial charge in [0.2, 0.25) is 10.0 Å². The number of carbonyl (C=O) groups is 1. The summed E-state index contributed by atoms with van der Waals surface area (Å²) in [7, 11) is -3.89. The van der Waals surface area contributed by atoms with Crippen molar-refractivity contribution in [2.75, 3.05) is 5.32 Å². The lowest BCUT2D eigenvalue weighted by atomic mass is 10.1. The van der Waals surface area contributed by atoms with Crippen molar-refractivity contribution in [2.45, 2.75) is 36.7 Å². The number of anilines is 1. The lowest BCUT2D eigenvalue weighted by Gasteiger charge is -2.18. The summed E-state index contributed by atoms with van der Waals surface area (Å²) in [6, 6.07) is 13.2. The summed E-state index contributed by atoms with van der Waals surface area (Å²) >= 11 is 0. The van der Waals surface area contributed by atoms with Crippen LogP contribution >= 0.6 is 0 Å². The van der Waals surface area contributed by atoms with Crippen LogP contribution in [-0.4, -0.2) is 25.5 Å². The summed E-state index contributed by atoms with van der Waals surface area (Å²) in [6.07, 6.45) is 1.96. The molecule has 1 aliphatic rings. The zero-order chi connectivity index (χ0) is 18.0. The molecule has 0 saturated heterocycles. The zero-order valence-electron chi connectivity index (χ0n) is 13.8. The molecule has 2 aromatic carbocycles. The highest BCUT2D eigenvalue weighted by Crippen LogP contribution is 2.30. The van der Waals surface area contributed by atoms with E-state index < -0.39 is 22.0 Å². The Morgan fingerprint density at radius 2 is 1.84 bits per heavy atom. The maximum Gasteiger partial charge on any atom is 0.335 e. The standard InChI is InChI=1S/C18H20N2O4S/c1-12(13-5-3-2-4-6-13)20-25(23,24)17-11-14(18(21)22)7-10-16(17)19-15-8-9-15/h2-7,10-12,15,19-20H,8-9H2,1H3,(H,21,22). The molecule has 0 amide bonds. The highest BCUT2D eigenvalue weighted by molar-refractivity contribution is 7.89. The number of benzene rings is 2. The first-order chi connectivity index (χ1) is 11.9. The van der Waals surface area contributed by atoms with E-state index in [9.17, 15) is 18.3 Å². The van der Waals surface area contributed by atoms with Crippen molar-refractivity contribution >= 4 is 21.7 Å². The van der Waals surface area contributed by atoms with E-state index in [4.69, 9.17) is 0 Å². The first-order valence-corrected chi connectivity index (χ1v) is 9.56. The number of nitrogens with one attached hydrogen (secondary N) is 2. The molecule has 1 saturated carbocycles. The van der Waals surface area contributed by atoms with Gasteiger partial charge in [-0.05, 0) is 43.5 Å². The molecule has 1 fully saturated rings. The smallest absolute Gasteiger partial charge is 0.335 e. The molecule has 0 radical (unpaired) electrons. The van der Waals surface area contributed by atoms with E-state index in [2.05, 4.69) is 10.0 Å². The van der Waals surface area contributed by atoms with Crippen LogP contribution < -0.4 is 10.0 Å². The Hall–Kier alpha value is -2.38. The van der Waals surface area contributed by atoms with Gasteiger partial charge in [0.15, 0.2) is 0 Å². The maximum absolute atomic E-state index is 12.9. The molecular formula is C18H20N2O4S. The average Bonchev–Trinajstić information content (AvgIpc) is 3.39. The normalized spacial score (nSPS) is 15.6. The fourth-order valence-electron chi connectivity index (χ4n) is 2.55. The second kappa shape index (κ2) is 6.85. The molecule has 0 aromatic heterocycles. The number of aromatic carboxylic acids is 1. The summed E-state index contributed by atoms with van der Waals surface area (Å²) in [5.74, 6) is -1.16. The Labute approximate surface area is 146 Å². The van der Waals surface area contributed by atoms with Crippen LogP contribution in [0.3, 0.4) is 0 Å². The van der Waals surface area contributed by atoms with Crippen LogP contribution in [0.25, 0.3) is 0 Å². The largest absolute Gasteiger partial charge is 0.478 e. The van der Waals surface area contributed by atoms with E-state index in [1.165, 1.54) is 18.2 Å². The number of carboxylic acid groups (broad SMARTS) is 1. The van der Waals surface area contributed by atoms with Crippen molar-refractivity contribution < 1.29 is 18.3 Å². The van der Waals surface area contributed by atoms with E-state index in [0.29, 0.717) is 5.69 Å². The third kappa shape index (κ3) is 4.18. The SMILES string of the molecule is CC(NS(=O)(=O)c1cc(C(=O)O)ccc1NC1CC1)c1ccccc1. The van der Waals surface area contributed by atoms with Crippen molar-refractivity contribution in [3.63, 3.8) is 0 Å². The summed E-state index contributed by atoms with van der Waals surface area (Å²) < 4.78 is 28.4. The van der Waals surface area contributed by atoms with Crippen LogP contribution in [0.15, 0.2) is 53.4 Å². The van der Waals surface area contributed by atoms with Gasteiger partial charge >= 0.3 is 5.97 Å². The van der Waals surface area contributed by atoms with E-state index >= 15 is 0 Å². The fraction of sp³-hybridized carbons (Fsp3) is 0.278. The van der Waals surface area contributed by atoms with Crippen molar-refractivity contribution in [1.82, 2.24) is 4.72 Å². The van der Waals surface area contributed by atoms with E-state index in [0.717, 1.165) is 18.4 Å². The minimum absolute atomic E-state index is 0.0397. The van der Waals surface area contributed by atoms with Crippen LogP contribution in [0.5, 0.6) is 0 Å². The molecule has 1 atom stereocenters. The Balaban J connectivity index is 1.93. The molecule has 0 heterocycles. The molecule has 0 bridgehead atoms. The molecule has 132 valence electrons. The highest BCUT2D eigenvalue weighted by Gasteiger charge is 2.27. The van der Waals surface area contributed by atoms with Crippen LogP contribution in [0.2, 0.25) is 0 Å². The molecule has 1 unspecified atom stereocenters. The molecule has 1 aliphatic carbocycles. The Morgan fingerprint density at radius 1 is 1.16 bits per heavy atom. The van der Waals surface area contributed by atoms with Gasteiger partial charge in [-0.25, -0.2) is 17.9 Å². The van der Waals surface area contributed by atoms with Crippen molar-refractivity contribution in [3.8, 4) is 0 Å². The molecule has 0 aliphatic heterocycles. The van der Waals surface area contributed by atoms with Crippen molar-refractivity contribution in [3.05, 3.63) is 59.7 Å². The molecule has 6 nitrogen and oxygen atoms in total. The first-order valence-electron chi connectivity index (χ1n) is 8.08. The Morgan fingerprint density at radius 3 is 2.44 bits per heavy atom. The van der Waals surface area contributed by atoms with Gasteiger partial charge < -0.3 is 10.4 Å². The Kier molecular flexibility index (Phi) is 4.78. The third-order valence-corrected chi connectivity index (χ3v) is 5.67. The molecule has 7 heteroatoms. The Bertz CT molecular complexity index is 877. The summed E-state index contributed by atoms with van der Waals surface area (Å²) in [5, 5.41) is 12.3. The quantitative estimate of drug-likeness (QED) is 0.705. The maximum atomic E-state index is 12.9. The zero-order valence-corrected chi connectivity index (χ0v) is 14.6. The molecule has 0 spiro atoms. The van der Waals surface area contributed by atoms with Crippen LogP contribution in [-0.2, 0) is 10.0 Å². The number of carboxylic acids is 1. The third-order valence-electron chi connectivity index (χ3n) is 4.09. The van der Waals surface area contributed by atoms with Crippen molar-refractivity contribution in [2.24, 2.45) is 0 Å². The van der Waals surface area contributed by atoms with Gasteiger partial charge in [0.05, 0.1) is 11.3 Å². The van der Waals surface area contributed by atoms with E-state index in [1.54, 1.807) is 6.92 Å². The number of rotatable bonds is 7. The summed E-state index contributed by atoms with van der Waals surface area (Å²) in [4.78, 5) is 11.2. The van der Waals surface area contributed by atoms with E-state index in [1.807, 2.05) is 30.3 Å². The second-order valence-corrected chi connectivity index (χ2v) is 7.87. The lowest BCUT2D eigenvalue weighted by molar-refractivity contribution is 0.0696. The lowest BCUT2D eigenvalue weighted by Crippen LogP contribution is -2.28. The van der Waals surface area contributed by atoms with E-state index in [-0.39, 0.29) is 16.5 Å². The minimum atomic E-state index is -3.89. The molecule has 2 aromatic rings. The monoisotopic (exact) mass is 360 g/mol. The molecule has 3 rings (SSSR count). The molecule has 3 N–H and O–H groups in total.